The topological polar surface area (TPSA) is 115 Å². The number of nitrogen functional groups attached to an aromatic ring is 1. The molecule has 0 radical (unpaired) electrons. The third kappa shape index (κ3) is 2.82. The van der Waals surface area contributed by atoms with Gasteiger partial charge in [0.1, 0.15) is 15.6 Å². The number of aromatic nitrogens is 2. The van der Waals surface area contributed by atoms with Gasteiger partial charge in [0.15, 0.2) is 11.6 Å². The zero-order chi connectivity index (χ0) is 14.5. The van der Waals surface area contributed by atoms with E-state index in [0.29, 0.717) is 40.2 Å². The minimum atomic E-state index is -0.221. The molecule has 0 bridgehead atoms. The summed E-state index contributed by atoms with van der Waals surface area (Å²) in [4.78, 5) is 16.2. The lowest BCUT2D eigenvalue weighted by atomic mass is 10.3. The first kappa shape index (κ1) is 14.1. The summed E-state index contributed by atoms with van der Waals surface area (Å²) in [6, 6.07) is 0. The molecule has 0 aliphatic carbocycles. The first-order valence-corrected chi connectivity index (χ1v) is 6.72. The van der Waals surface area contributed by atoms with E-state index >= 15 is 0 Å². The van der Waals surface area contributed by atoms with Crippen molar-refractivity contribution in [2.24, 2.45) is 0 Å². The van der Waals surface area contributed by atoms with E-state index in [2.05, 4.69) is 25.3 Å². The SMILES string of the molecule is CCNC(=O)c1sc(NCc2ncon2)c(OC)c1N. The first-order chi connectivity index (χ1) is 9.67. The van der Waals surface area contributed by atoms with Crippen LogP contribution in [0.1, 0.15) is 22.4 Å². The standard InChI is InChI=1S/C11H15N5O3S/c1-3-13-10(17)9-7(12)8(18-2)11(20-9)14-4-6-15-5-19-16-6/h5,14H,3-4,12H2,1-2H3,(H,13,17). The Bertz CT molecular complexity index is 581. The highest BCUT2D eigenvalue weighted by atomic mass is 32.1. The van der Waals surface area contributed by atoms with Crippen molar-refractivity contribution in [1.29, 1.82) is 0 Å². The van der Waals surface area contributed by atoms with Crippen LogP contribution in [-0.4, -0.2) is 29.7 Å². The number of nitrogens with one attached hydrogen (secondary N) is 2. The van der Waals surface area contributed by atoms with Crippen LogP contribution in [0.5, 0.6) is 5.75 Å². The van der Waals surface area contributed by atoms with Gasteiger partial charge in [0, 0.05) is 6.54 Å². The van der Waals surface area contributed by atoms with Gasteiger partial charge in [0.25, 0.3) is 5.91 Å². The third-order valence-corrected chi connectivity index (χ3v) is 3.60. The van der Waals surface area contributed by atoms with Crippen molar-refractivity contribution < 1.29 is 14.1 Å². The molecule has 8 nitrogen and oxygen atoms in total. The van der Waals surface area contributed by atoms with Crippen LogP contribution in [0, 0.1) is 0 Å². The van der Waals surface area contributed by atoms with Gasteiger partial charge in [-0.2, -0.15) is 4.98 Å². The second-order valence-electron chi connectivity index (χ2n) is 3.77. The van der Waals surface area contributed by atoms with Gasteiger partial charge in [-0.1, -0.05) is 5.16 Å². The van der Waals surface area contributed by atoms with Gasteiger partial charge >= 0.3 is 0 Å². The number of methoxy groups -OCH3 is 1. The molecular formula is C11H15N5O3S. The molecule has 0 aliphatic heterocycles. The van der Waals surface area contributed by atoms with Crippen LogP contribution in [0.4, 0.5) is 10.7 Å². The number of anilines is 2. The summed E-state index contributed by atoms with van der Waals surface area (Å²) in [5.41, 5.74) is 6.25. The molecule has 20 heavy (non-hydrogen) atoms. The molecule has 108 valence electrons. The molecule has 2 rings (SSSR count). The Balaban J connectivity index is 2.19. The Kier molecular flexibility index (Phi) is 4.41. The molecule has 0 spiro atoms. The van der Waals surface area contributed by atoms with Gasteiger partial charge in [-0.15, -0.1) is 11.3 Å². The maximum absolute atomic E-state index is 11.9. The fraction of sp³-hybridized carbons (Fsp3) is 0.364. The van der Waals surface area contributed by atoms with Crippen molar-refractivity contribution in [1.82, 2.24) is 15.5 Å². The average molecular weight is 297 g/mol. The monoisotopic (exact) mass is 297 g/mol. The van der Waals surface area contributed by atoms with Gasteiger partial charge in [-0.05, 0) is 6.92 Å². The number of amides is 1. The molecule has 0 aromatic carbocycles. The highest BCUT2D eigenvalue weighted by Gasteiger charge is 2.21. The highest BCUT2D eigenvalue weighted by molar-refractivity contribution is 7.19. The minimum Gasteiger partial charge on any atom is -0.492 e. The van der Waals surface area contributed by atoms with Gasteiger partial charge in [-0.3, -0.25) is 4.79 Å². The van der Waals surface area contributed by atoms with Crippen molar-refractivity contribution in [3.63, 3.8) is 0 Å². The second kappa shape index (κ2) is 6.24. The third-order valence-electron chi connectivity index (χ3n) is 2.46. The molecule has 2 aromatic heterocycles. The number of hydrogen-bond donors (Lipinski definition) is 3. The Morgan fingerprint density at radius 1 is 1.60 bits per heavy atom. The van der Waals surface area contributed by atoms with E-state index in [1.54, 1.807) is 0 Å². The molecule has 0 fully saturated rings. The fourth-order valence-corrected chi connectivity index (χ4v) is 2.59. The molecule has 1 amide bonds. The van der Waals surface area contributed by atoms with Gasteiger partial charge < -0.3 is 25.6 Å². The maximum atomic E-state index is 11.9. The van der Waals surface area contributed by atoms with Gasteiger partial charge in [-0.25, -0.2) is 0 Å². The van der Waals surface area contributed by atoms with Crippen LogP contribution in [0.15, 0.2) is 10.9 Å². The zero-order valence-corrected chi connectivity index (χ0v) is 11.9. The number of rotatable bonds is 6. The van der Waals surface area contributed by atoms with E-state index < -0.39 is 0 Å². The lowest BCUT2D eigenvalue weighted by Gasteiger charge is -2.04. The molecule has 2 aromatic rings. The average Bonchev–Trinajstić information content (AvgIpc) is 3.04. The van der Waals surface area contributed by atoms with E-state index in [1.807, 2.05) is 6.92 Å². The number of nitrogens with zero attached hydrogens (tertiary/aromatic N) is 2. The van der Waals surface area contributed by atoms with Crippen molar-refractivity contribution >= 4 is 27.9 Å². The van der Waals surface area contributed by atoms with Gasteiger partial charge in [0.05, 0.1) is 13.7 Å². The van der Waals surface area contributed by atoms with Crippen LogP contribution < -0.4 is 21.1 Å². The molecule has 0 unspecified atom stereocenters. The Hall–Kier alpha value is -2.29. The Morgan fingerprint density at radius 3 is 3.00 bits per heavy atom. The number of carbonyl (C=O) groups is 1. The van der Waals surface area contributed by atoms with Crippen molar-refractivity contribution in [3.8, 4) is 5.75 Å². The molecular weight excluding hydrogens is 282 g/mol. The molecule has 0 saturated carbocycles. The first-order valence-electron chi connectivity index (χ1n) is 5.90. The van der Waals surface area contributed by atoms with Crippen LogP contribution >= 0.6 is 11.3 Å². The number of thiophene rings is 1. The number of ether oxygens (including phenoxy) is 1. The van der Waals surface area contributed by atoms with Crippen LogP contribution in [-0.2, 0) is 6.54 Å². The summed E-state index contributed by atoms with van der Waals surface area (Å²) in [5.74, 6) is 0.722. The largest absolute Gasteiger partial charge is 0.492 e. The summed E-state index contributed by atoms with van der Waals surface area (Å²) >= 11 is 1.22. The predicted octanol–water partition coefficient (Wildman–Crippen LogP) is 1.08. The molecule has 0 saturated heterocycles. The molecule has 0 aliphatic rings. The normalized spacial score (nSPS) is 10.3. The molecule has 2 heterocycles. The predicted molar refractivity (Wildman–Crippen MR) is 74.9 cm³/mol. The van der Waals surface area contributed by atoms with Crippen molar-refractivity contribution in [2.75, 3.05) is 24.7 Å². The zero-order valence-electron chi connectivity index (χ0n) is 11.1. The van der Waals surface area contributed by atoms with E-state index in [1.165, 1.54) is 24.8 Å². The van der Waals surface area contributed by atoms with E-state index in [-0.39, 0.29) is 5.91 Å². The van der Waals surface area contributed by atoms with Crippen molar-refractivity contribution in [2.45, 2.75) is 13.5 Å². The number of carbonyl (C=O) groups excluding carboxylic acids is 1. The lowest BCUT2D eigenvalue weighted by molar-refractivity contribution is 0.0960. The van der Waals surface area contributed by atoms with Crippen LogP contribution in [0.3, 0.4) is 0 Å². The van der Waals surface area contributed by atoms with E-state index in [4.69, 9.17) is 10.5 Å². The van der Waals surface area contributed by atoms with Crippen LogP contribution in [0.2, 0.25) is 0 Å². The summed E-state index contributed by atoms with van der Waals surface area (Å²) in [6.07, 6.45) is 1.25. The van der Waals surface area contributed by atoms with Crippen molar-refractivity contribution in [3.05, 3.63) is 17.1 Å². The Morgan fingerprint density at radius 2 is 2.40 bits per heavy atom. The number of hydrogen-bond acceptors (Lipinski definition) is 8. The number of nitrogens with two attached hydrogens (primary N) is 1. The van der Waals surface area contributed by atoms with E-state index in [0.717, 1.165) is 0 Å². The summed E-state index contributed by atoms with van der Waals surface area (Å²) in [6.45, 7) is 2.72. The summed E-state index contributed by atoms with van der Waals surface area (Å²) in [5, 5.41) is 10.1. The Labute approximate surface area is 119 Å². The van der Waals surface area contributed by atoms with Crippen LogP contribution in [0.25, 0.3) is 0 Å². The minimum absolute atomic E-state index is 0.221. The second-order valence-corrected chi connectivity index (χ2v) is 4.79. The molecule has 4 N–H and O–H groups in total. The molecule has 9 heteroatoms. The summed E-state index contributed by atoms with van der Waals surface area (Å²) in [7, 11) is 1.50. The highest BCUT2D eigenvalue weighted by Crippen LogP contribution is 2.42. The molecule has 0 atom stereocenters. The smallest absolute Gasteiger partial charge is 0.263 e. The summed E-state index contributed by atoms with van der Waals surface area (Å²) < 4.78 is 9.87. The quantitative estimate of drug-likeness (QED) is 0.730. The lowest BCUT2D eigenvalue weighted by Crippen LogP contribution is -2.22. The van der Waals surface area contributed by atoms with E-state index in [9.17, 15) is 4.79 Å². The maximum Gasteiger partial charge on any atom is 0.263 e. The fourth-order valence-electron chi connectivity index (χ4n) is 1.59. The van der Waals surface area contributed by atoms with Gasteiger partial charge in [0.2, 0.25) is 6.39 Å².